The van der Waals surface area contributed by atoms with Crippen LogP contribution in [0.1, 0.15) is 42.9 Å². The Labute approximate surface area is 94.9 Å². The highest BCUT2D eigenvalue weighted by Crippen LogP contribution is 2.26. The molecule has 2 nitrogen and oxygen atoms in total. The van der Waals surface area contributed by atoms with Crippen LogP contribution in [0.15, 0.2) is 12.1 Å². The number of hydrogen-bond acceptors (Lipinski definition) is 2. The molecule has 0 radical (unpaired) electrons. The van der Waals surface area contributed by atoms with Crippen molar-refractivity contribution in [1.29, 1.82) is 10.5 Å². The Morgan fingerprint density at radius 3 is 2.56 bits per heavy atom. The largest absolute Gasteiger partial charge is 0.206 e. The Morgan fingerprint density at radius 2 is 2.06 bits per heavy atom. The second kappa shape index (κ2) is 5.28. The third kappa shape index (κ3) is 2.38. The lowest BCUT2D eigenvalue weighted by Gasteiger charge is -2.12. The zero-order chi connectivity index (χ0) is 12.1. The van der Waals surface area contributed by atoms with Crippen molar-refractivity contribution in [2.75, 3.05) is 0 Å². The quantitative estimate of drug-likeness (QED) is 0.778. The average Bonchev–Trinajstić information content (AvgIpc) is 2.27. The zero-order valence-electron chi connectivity index (χ0n) is 9.42. The Kier molecular flexibility index (Phi) is 4.03. The summed E-state index contributed by atoms with van der Waals surface area (Å²) < 4.78 is 13.6. The van der Waals surface area contributed by atoms with E-state index in [1.807, 2.05) is 26.0 Å². The summed E-state index contributed by atoms with van der Waals surface area (Å²) in [4.78, 5) is 0. The normalized spacial score (nSPS) is 11.6. The van der Waals surface area contributed by atoms with Gasteiger partial charge in [-0.25, -0.2) is 4.39 Å². The Balaban J connectivity index is 3.33. The first kappa shape index (κ1) is 12.2. The molecule has 0 aliphatic heterocycles. The summed E-state index contributed by atoms with van der Waals surface area (Å²) >= 11 is 0. The van der Waals surface area contributed by atoms with E-state index in [2.05, 4.69) is 0 Å². The molecule has 0 spiro atoms. The van der Waals surface area contributed by atoms with Crippen LogP contribution < -0.4 is 0 Å². The molecule has 1 aromatic carbocycles. The van der Waals surface area contributed by atoms with Crippen molar-refractivity contribution in [3.8, 4) is 12.1 Å². The zero-order valence-corrected chi connectivity index (χ0v) is 9.42. The standard InChI is InChI=1S/C13H13FN2/c1-3-9(2)11-6-10(4-5-15)7-13(14)12(11)8-16/h6-7,9H,3-4H2,1-2H3. The van der Waals surface area contributed by atoms with E-state index in [0.29, 0.717) is 11.1 Å². The molecular formula is C13H13FN2. The molecule has 82 valence electrons. The molecule has 0 bridgehead atoms. The van der Waals surface area contributed by atoms with Crippen molar-refractivity contribution < 1.29 is 4.39 Å². The van der Waals surface area contributed by atoms with Gasteiger partial charge in [0.1, 0.15) is 11.9 Å². The van der Waals surface area contributed by atoms with Gasteiger partial charge in [-0.2, -0.15) is 10.5 Å². The van der Waals surface area contributed by atoms with Crippen LogP contribution in [0.4, 0.5) is 4.39 Å². The van der Waals surface area contributed by atoms with E-state index in [4.69, 9.17) is 10.5 Å². The third-order valence-corrected chi connectivity index (χ3v) is 2.72. The second-order valence-corrected chi connectivity index (χ2v) is 3.80. The number of rotatable bonds is 3. The second-order valence-electron chi connectivity index (χ2n) is 3.80. The van der Waals surface area contributed by atoms with E-state index in [0.717, 1.165) is 6.42 Å². The molecule has 0 amide bonds. The van der Waals surface area contributed by atoms with Crippen molar-refractivity contribution in [1.82, 2.24) is 0 Å². The highest BCUT2D eigenvalue weighted by Gasteiger charge is 2.14. The molecule has 0 saturated carbocycles. The lowest BCUT2D eigenvalue weighted by atomic mass is 9.91. The van der Waals surface area contributed by atoms with Crippen molar-refractivity contribution >= 4 is 0 Å². The minimum Gasteiger partial charge on any atom is -0.206 e. The predicted octanol–water partition coefficient (Wildman–Crippen LogP) is 3.28. The number of halogens is 1. The summed E-state index contributed by atoms with van der Waals surface area (Å²) in [5.74, 6) is -0.395. The van der Waals surface area contributed by atoms with E-state index in [1.54, 1.807) is 6.07 Å². The highest BCUT2D eigenvalue weighted by atomic mass is 19.1. The topological polar surface area (TPSA) is 47.6 Å². The van der Waals surface area contributed by atoms with Gasteiger partial charge in [0.2, 0.25) is 0 Å². The summed E-state index contributed by atoms with van der Waals surface area (Å²) in [5.41, 5.74) is 1.44. The van der Waals surface area contributed by atoms with Crippen LogP contribution in [0, 0.1) is 28.5 Å². The van der Waals surface area contributed by atoms with Crippen LogP contribution in [0.25, 0.3) is 0 Å². The van der Waals surface area contributed by atoms with Gasteiger partial charge in [0.05, 0.1) is 18.1 Å². The number of nitriles is 2. The maximum absolute atomic E-state index is 13.6. The maximum Gasteiger partial charge on any atom is 0.141 e. The molecule has 1 atom stereocenters. The van der Waals surface area contributed by atoms with Crippen LogP contribution in [0.2, 0.25) is 0 Å². The lowest BCUT2D eigenvalue weighted by molar-refractivity contribution is 0.613. The smallest absolute Gasteiger partial charge is 0.141 e. The first-order valence-electron chi connectivity index (χ1n) is 5.23. The summed E-state index contributed by atoms with van der Waals surface area (Å²) in [7, 11) is 0. The van der Waals surface area contributed by atoms with Gasteiger partial charge in [-0.1, -0.05) is 19.9 Å². The molecule has 0 aliphatic carbocycles. The van der Waals surface area contributed by atoms with Crippen LogP contribution in [0.3, 0.4) is 0 Å². The van der Waals surface area contributed by atoms with Gasteiger partial charge < -0.3 is 0 Å². The average molecular weight is 216 g/mol. The first-order valence-corrected chi connectivity index (χ1v) is 5.23. The maximum atomic E-state index is 13.6. The van der Waals surface area contributed by atoms with Gasteiger partial charge in [0.25, 0.3) is 0 Å². The summed E-state index contributed by atoms with van der Waals surface area (Å²) in [6, 6.07) is 6.91. The fourth-order valence-electron chi connectivity index (χ4n) is 1.61. The van der Waals surface area contributed by atoms with Crippen LogP contribution in [-0.2, 0) is 6.42 Å². The molecular weight excluding hydrogens is 203 g/mol. The fourth-order valence-corrected chi connectivity index (χ4v) is 1.61. The SMILES string of the molecule is CCC(C)c1cc(CC#N)cc(F)c1C#N. The molecule has 1 rings (SSSR count). The minimum atomic E-state index is -0.523. The minimum absolute atomic E-state index is 0.107. The summed E-state index contributed by atoms with van der Waals surface area (Å²) in [5, 5.41) is 17.5. The molecule has 1 aromatic rings. The number of nitrogens with zero attached hydrogens (tertiary/aromatic N) is 2. The van der Waals surface area contributed by atoms with Crippen molar-refractivity contribution in [2.24, 2.45) is 0 Å². The van der Waals surface area contributed by atoms with E-state index in [9.17, 15) is 4.39 Å². The monoisotopic (exact) mass is 216 g/mol. The molecule has 0 aliphatic rings. The molecule has 0 saturated heterocycles. The van der Waals surface area contributed by atoms with E-state index in [-0.39, 0.29) is 17.9 Å². The number of hydrogen-bond donors (Lipinski definition) is 0. The molecule has 0 fully saturated rings. The van der Waals surface area contributed by atoms with Crippen molar-refractivity contribution in [2.45, 2.75) is 32.6 Å². The van der Waals surface area contributed by atoms with Crippen molar-refractivity contribution in [3.05, 3.63) is 34.6 Å². The molecule has 0 heterocycles. The van der Waals surface area contributed by atoms with Crippen LogP contribution in [0.5, 0.6) is 0 Å². The molecule has 3 heteroatoms. The van der Waals surface area contributed by atoms with Gasteiger partial charge in [-0.15, -0.1) is 0 Å². The van der Waals surface area contributed by atoms with E-state index in [1.165, 1.54) is 6.07 Å². The molecule has 1 unspecified atom stereocenters. The van der Waals surface area contributed by atoms with E-state index < -0.39 is 5.82 Å². The Hall–Kier alpha value is -1.87. The Morgan fingerprint density at radius 1 is 1.38 bits per heavy atom. The van der Waals surface area contributed by atoms with Gasteiger partial charge in [0.15, 0.2) is 0 Å². The third-order valence-electron chi connectivity index (χ3n) is 2.72. The molecule has 16 heavy (non-hydrogen) atoms. The number of benzene rings is 1. The van der Waals surface area contributed by atoms with Gasteiger partial charge >= 0.3 is 0 Å². The fraction of sp³-hybridized carbons (Fsp3) is 0.385. The van der Waals surface area contributed by atoms with Crippen LogP contribution >= 0.6 is 0 Å². The summed E-state index contributed by atoms with van der Waals surface area (Å²) in [6.45, 7) is 3.94. The van der Waals surface area contributed by atoms with E-state index >= 15 is 0 Å². The van der Waals surface area contributed by atoms with Gasteiger partial charge in [-0.05, 0) is 29.5 Å². The van der Waals surface area contributed by atoms with Crippen molar-refractivity contribution in [3.63, 3.8) is 0 Å². The molecule has 0 aromatic heterocycles. The highest BCUT2D eigenvalue weighted by molar-refractivity contribution is 5.44. The predicted molar refractivity (Wildman–Crippen MR) is 59.1 cm³/mol. The van der Waals surface area contributed by atoms with Gasteiger partial charge in [0, 0.05) is 0 Å². The summed E-state index contributed by atoms with van der Waals surface area (Å²) in [6.07, 6.45) is 1.01. The van der Waals surface area contributed by atoms with Gasteiger partial charge in [-0.3, -0.25) is 0 Å². The lowest BCUT2D eigenvalue weighted by Crippen LogP contribution is -2.01. The Bertz CT molecular complexity index is 466. The molecule has 0 N–H and O–H groups in total. The van der Waals surface area contributed by atoms with Crippen LogP contribution in [-0.4, -0.2) is 0 Å². The first-order chi connectivity index (χ1) is 7.63.